The highest BCUT2D eigenvalue weighted by Gasteiger charge is 2.51. The minimum atomic E-state index is -0.850. The smallest absolute Gasteiger partial charge is 0.325 e. The number of anilines is 1. The number of amides is 1. The Hall–Kier alpha value is -5.27. The quantitative estimate of drug-likeness (QED) is 0.206. The van der Waals surface area contributed by atoms with E-state index in [2.05, 4.69) is 20.8 Å². The molecule has 4 aromatic rings. The number of rotatable bonds is 8. The molecule has 3 saturated heterocycles. The van der Waals surface area contributed by atoms with Crippen LogP contribution < -0.4 is 14.4 Å². The first-order valence-electron chi connectivity index (χ1n) is 17.4. The zero-order chi connectivity index (χ0) is 35.2. The Morgan fingerprint density at radius 3 is 2.49 bits per heavy atom. The molecule has 0 radical (unpaired) electrons. The first kappa shape index (κ1) is 31.7. The number of methoxy groups -OCH3 is 1. The maximum atomic E-state index is 17.2. The number of phenolic OH excluding ortho intramolecular Hbond substituents is 1. The average molecular weight is 692 g/mol. The lowest BCUT2D eigenvalue weighted by molar-refractivity contribution is -0.128. The van der Waals surface area contributed by atoms with Crippen LogP contribution in [0.1, 0.15) is 37.7 Å². The van der Waals surface area contributed by atoms with Crippen LogP contribution in [0, 0.1) is 52.6 Å². The number of phenols is 1. The van der Waals surface area contributed by atoms with Gasteiger partial charge >= 0.3 is 11.9 Å². The monoisotopic (exact) mass is 691 g/mol. The van der Waals surface area contributed by atoms with Crippen molar-refractivity contribution in [3.63, 3.8) is 0 Å². The Balaban J connectivity index is 1.17. The molecule has 11 nitrogen and oxygen atoms in total. The van der Waals surface area contributed by atoms with Crippen LogP contribution in [0.15, 0.2) is 24.3 Å². The molecular weight excluding hydrogens is 656 g/mol. The lowest BCUT2D eigenvalue weighted by Crippen LogP contribution is -2.55. The second-order valence-electron chi connectivity index (χ2n) is 14.8. The van der Waals surface area contributed by atoms with Gasteiger partial charge in [-0.3, -0.25) is 4.79 Å². The van der Waals surface area contributed by atoms with Gasteiger partial charge in [0.25, 0.3) is 0 Å². The van der Waals surface area contributed by atoms with Crippen molar-refractivity contribution in [2.45, 2.75) is 44.2 Å². The van der Waals surface area contributed by atoms with Gasteiger partial charge < -0.3 is 29.3 Å². The second-order valence-corrected chi connectivity index (χ2v) is 14.8. The van der Waals surface area contributed by atoms with E-state index in [1.54, 1.807) is 11.0 Å². The summed E-state index contributed by atoms with van der Waals surface area (Å²) in [5.74, 6) is 2.08. The summed E-state index contributed by atoms with van der Waals surface area (Å²) in [7, 11) is 1.40. The lowest BCUT2D eigenvalue weighted by Gasteiger charge is -2.40. The predicted octanol–water partition coefficient (Wildman–Crippen LogP) is 4.63. The number of hydrogen-bond donors (Lipinski definition) is 1. The molecule has 2 aromatic carbocycles. The molecule has 9 rings (SSSR count). The Kier molecular flexibility index (Phi) is 7.23. The van der Waals surface area contributed by atoms with Gasteiger partial charge in [0.05, 0.1) is 31.4 Å². The van der Waals surface area contributed by atoms with Gasteiger partial charge in [0.1, 0.15) is 34.0 Å². The van der Waals surface area contributed by atoms with Crippen molar-refractivity contribution in [3.8, 4) is 47.3 Å². The van der Waals surface area contributed by atoms with E-state index in [4.69, 9.17) is 20.9 Å². The molecule has 2 aromatic heterocycles. The highest BCUT2D eigenvalue weighted by molar-refractivity contribution is 6.04. The fourth-order valence-corrected chi connectivity index (χ4v) is 8.78. The number of pyridine rings is 1. The number of aromatic hydroxyl groups is 1. The molecule has 1 N–H and O–H groups in total. The van der Waals surface area contributed by atoms with Gasteiger partial charge in [-0.1, -0.05) is 12.0 Å². The number of fused-ring (bicyclic) bond motifs is 5. The summed E-state index contributed by atoms with van der Waals surface area (Å²) in [5, 5.41) is 20.9. The fourth-order valence-electron chi connectivity index (χ4n) is 8.78. The van der Waals surface area contributed by atoms with Crippen LogP contribution in [-0.2, 0) is 4.79 Å². The molecule has 2 aliphatic carbocycles. The minimum absolute atomic E-state index is 0.00671. The van der Waals surface area contributed by atoms with Crippen molar-refractivity contribution in [1.29, 1.82) is 5.26 Å². The fraction of sp³-hybridized carbons (Fsp3) is 0.447. The normalized spacial score (nSPS) is 24.3. The number of hydrogen-bond acceptors (Lipinski definition) is 10. The van der Waals surface area contributed by atoms with Crippen molar-refractivity contribution in [2.75, 3.05) is 51.3 Å². The average Bonchev–Trinajstić information content (AvgIpc) is 4.01. The van der Waals surface area contributed by atoms with Crippen LogP contribution in [0.5, 0.6) is 17.6 Å². The zero-order valence-corrected chi connectivity index (χ0v) is 28.0. The zero-order valence-electron chi connectivity index (χ0n) is 28.0. The maximum Gasteiger partial charge on any atom is 0.325 e. The summed E-state index contributed by atoms with van der Waals surface area (Å²) in [6.07, 6.45) is 10.5. The number of nitriles is 1. The van der Waals surface area contributed by atoms with E-state index >= 15 is 4.39 Å². The van der Waals surface area contributed by atoms with Crippen LogP contribution in [0.4, 0.5) is 14.6 Å². The van der Waals surface area contributed by atoms with Crippen LogP contribution in [-0.4, -0.2) is 94.3 Å². The molecule has 0 spiro atoms. The molecule has 4 atom stereocenters. The highest BCUT2D eigenvalue weighted by Crippen LogP contribution is 2.51. The number of piperidine rings is 1. The lowest BCUT2D eigenvalue weighted by atomic mass is 9.95. The summed E-state index contributed by atoms with van der Waals surface area (Å²) in [6, 6.07) is 6.66. The van der Waals surface area contributed by atoms with Crippen LogP contribution in [0.3, 0.4) is 0 Å². The molecular formula is C38H35F2N7O4. The number of benzene rings is 2. The predicted molar refractivity (Wildman–Crippen MR) is 183 cm³/mol. The molecule has 13 heteroatoms. The van der Waals surface area contributed by atoms with Crippen molar-refractivity contribution in [3.05, 3.63) is 41.5 Å². The summed E-state index contributed by atoms with van der Waals surface area (Å²) in [5.41, 5.74) is -0.415. The number of nitrogens with zero attached hydrogens (tertiary/aromatic N) is 7. The van der Waals surface area contributed by atoms with Crippen LogP contribution >= 0.6 is 0 Å². The SMILES string of the molecule is C#Cc1c(F)ccc2cc(O)cc(-c3nc(OC)c4c(N5CC6CCC(C5)N6C(=O)C#N)nc(OCC5(CN6CC7CC7C6)CC5)nc4c3F)c12. The summed E-state index contributed by atoms with van der Waals surface area (Å²) < 4.78 is 44.3. The molecule has 260 valence electrons. The van der Waals surface area contributed by atoms with Gasteiger partial charge in [0.2, 0.25) is 5.88 Å². The molecule has 51 heavy (non-hydrogen) atoms. The first-order valence-corrected chi connectivity index (χ1v) is 17.4. The van der Waals surface area contributed by atoms with E-state index in [1.807, 2.05) is 4.90 Å². The molecule has 2 bridgehead atoms. The first-order chi connectivity index (χ1) is 24.7. The van der Waals surface area contributed by atoms with Gasteiger partial charge in [0.15, 0.2) is 11.9 Å². The van der Waals surface area contributed by atoms with Gasteiger partial charge in [0, 0.05) is 49.1 Å². The second kappa shape index (κ2) is 11.6. The number of halogens is 2. The molecule has 5 fully saturated rings. The van der Waals surface area contributed by atoms with E-state index in [-0.39, 0.29) is 68.2 Å². The third-order valence-corrected chi connectivity index (χ3v) is 11.5. The molecule has 5 heterocycles. The maximum absolute atomic E-state index is 17.2. The van der Waals surface area contributed by atoms with Gasteiger partial charge in [-0.05, 0) is 67.5 Å². The highest BCUT2D eigenvalue weighted by atomic mass is 19.1. The molecule has 2 saturated carbocycles. The number of carbonyl (C=O) groups excluding carboxylic acids is 1. The van der Waals surface area contributed by atoms with E-state index < -0.39 is 17.5 Å². The number of terminal acetylenes is 1. The van der Waals surface area contributed by atoms with E-state index in [0.717, 1.165) is 44.3 Å². The standard InChI is InChI=1S/C38H35F2N7O4/c1-3-26-28(39)7-4-20-11-25(48)12-27(30(20)26)33-32(40)34-31(36(42-33)50-2)35(46-16-23-5-6-24(17-46)47(23)29(49)13-41)44-37(43-34)51-19-38(8-9-38)18-45-14-21-10-22(21)15-45/h1,4,7,11-12,21-24,48H,5-6,8-10,14-19H2,2H3. The Morgan fingerprint density at radius 2 is 1.82 bits per heavy atom. The van der Waals surface area contributed by atoms with Crippen LogP contribution in [0.25, 0.3) is 32.9 Å². The molecule has 1 amide bonds. The van der Waals surface area contributed by atoms with E-state index in [9.17, 15) is 19.6 Å². The molecule has 5 aliphatic rings. The number of ether oxygens (including phenoxy) is 2. The van der Waals surface area contributed by atoms with Gasteiger partial charge in [-0.2, -0.15) is 15.2 Å². The minimum Gasteiger partial charge on any atom is -0.508 e. The van der Waals surface area contributed by atoms with Gasteiger partial charge in [-0.25, -0.2) is 13.8 Å². The summed E-state index contributed by atoms with van der Waals surface area (Å²) >= 11 is 0. The van der Waals surface area contributed by atoms with Crippen molar-refractivity contribution >= 4 is 33.4 Å². The molecule has 3 aliphatic heterocycles. The topological polar surface area (TPSA) is 128 Å². The largest absolute Gasteiger partial charge is 0.508 e. The van der Waals surface area contributed by atoms with Crippen molar-refractivity contribution in [1.82, 2.24) is 24.8 Å². The van der Waals surface area contributed by atoms with Gasteiger partial charge in [-0.15, -0.1) is 6.42 Å². The number of piperazine rings is 1. The van der Waals surface area contributed by atoms with Crippen molar-refractivity contribution in [2.24, 2.45) is 17.3 Å². The number of carbonyl (C=O) groups is 1. The Morgan fingerprint density at radius 1 is 1.08 bits per heavy atom. The third-order valence-electron chi connectivity index (χ3n) is 11.5. The van der Waals surface area contributed by atoms with E-state index in [0.29, 0.717) is 43.7 Å². The summed E-state index contributed by atoms with van der Waals surface area (Å²) in [4.78, 5) is 32.7. The Labute approximate surface area is 292 Å². The number of aromatic nitrogens is 3. The van der Waals surface area contributed by atoms with Crippen molar-refractivity contribution < 1.29 is 28.2 Å². The number of likely N-dealkylation sites (tertiary alicyclic amines) is 1. The summed E-state index contributed by atoms with van der Waals surface area (Å²) in [6.45, 7) is 4.27. The van der Waals surface area contributed by atoms with Crippen LogP contribution in [0.2, 0.25) is 0 Å². The molecule has 4 unspecified atom stereocenters. The Bertz CT molecular complexity index is 2210. The third kappa shape index (κ3) is 5.25. The van der Waals surface area contributed by atoms with E-state index in [1.165, 1.54) is 37.8 Å².